The summed E-state index contributed by atoms with van der Waals surface area (Å²) in [6, 6.07) is 6.26. The molecule has 4 nitrogen and oxygen atoms in total. The van der Waals surface area contributed by atoms with E-state index in [2.05, 4.69) is 38.0 Å². The van der Waals surface area contributed by atoms with Gasteiger partial charge in [-0.2, -0.15) is 0 Å². The minimum absolute atomic E-state index is 0.0395. The van der Waals surface area contributed by atoms with E-state index < -0.39 is 0 Å². The van der Waals surface area contributed by atoms with Gasteiger partial charge >= 0.3 is 0 Å². The zero-order valence-corrected chi connectivity index (χ0v) is 16.4. The number of carbonyl (C=O) groups excluding carboxylic acids is 1. The maximum absolute atomic E-state index is 12.4. The van der Waals surface area contributed by atoms with Crippen LogP contribution in [0.5, 0.6) is 0 Å². The Kier molecular flexibility index (Phi) is 4.46. The van der Waals surface area contributed by atoms with Gasteiger partial charge in [-0.1, -0.05) is 6.08 Å². The average molecular weight is 402 g/mol. The summed E-state index contributed by atoms with van der Waals surface area (Å²) in [5.74, 6) is 0.833. The summed E-state index contributed by atoms with van der Waals surface area (Å²) in [6.45, 7) is 3.04. The fraction of sp³-hybridized carbons (Fsp3) is 0.450. The quantitative estimate of drug-likeness (QED) is 0.843. The van der Waals surface area contributed by atoms with Crippen LogP contribution in [0.1, 0.15) is 35.3 Å². The summed E-state index contributed by atoms with van der Waals surface area (Å²) < 4.78 is 3.46. The summed E-state index contributed by atoms with van der Waals surface area (Å²) >= 11 is 3.74. The van der Waals surface area contributed by atoms with Crippen molar-refractivity contribution in [2.45, 2.75) is 25.8 Å². The van der Waals surface area contributed by atoms with Crippen LogP contribution in [0.4, 0.5) is 0 Å². The molecule has 5 heteroatoms. The Labute approximate surface area is 157 Å². The molecule has 1 aliphatic carbocycles. The van der Waals surface area contributed by atoms with Crippen LogP contribution in [-0.2, 0) is 6.54 Å². The zero-order valence-electron chi connectivity index (χ0n) is 14.8. The van der Waals surface area contributed by atoms with E-state index in [1.807, 2.05) is 12.1 Å². The molecule has 25 heavy (non-hydrogen) atoms. The van der Waals surface area contributed by atoms with Crippen LogP contribution in [0.2, 0.25) is 0 Å². The molecule has 0 atom stereocenters. The summed E-state index contributed by atoms with van der Waals surface area (Å²) in [5, 5.41) is 4.62. The van der Waals surface area contributed by atoms with Crippen molar-refractivity contribution >= 4 is 38.3 Å². The summed E-state index contributed by atoms with van der Waals surface area (Å²) in [5.41, 5.74) is 4.61. The topological polar surface area (TPSA) is 37.3 Å². The fourth-order valence-electron chi connectivity index (χ4n) is 3.60. The van der Waals surface area contributed by atoms with E-state index in [-0.39, 0.29) is 5.91 Å². The highest BCUT2D eigenvalue weighted by Gasteiger charge is 2.26. The molecule has 2 heterocycles. The van der Waals surface area contributed by atoms with Crippen molar-refractivity contribution in [3.8, 4) is 0 Å². The molecule has 1 aromatic heterocycles. The van der Waals surface area contributed by atoms with Gasteiger partial charge in [0.15, 0.2) is 0 Å². The molecular weight excluding hydrogens is 378 g/mol. The van der Waals surface area contributed by atoms with Crippen LogP contribution in [0, 0.1) is 5.92 Å². The number of rotatable bonds is 4. The maximum atomic E-state index is 12.4. The lowest BCUT2D eigenvalue weighted by Gasteiger charge is -2.18. The summed E-state index contributed by atoms with van der Waals surface area (Å²) in [7, 11) is 3.59. The van der Waals surface area contributed by atoms with Gasteiger partial charge in [-0.15, -0.1) is 0 Å². The van der Waals surface area contributed by atoms with Gasteiger partial charge in [0.1, 0.15) is 0 Å². The highest BCUT2D eigenvalue weighted by molar-refractivity contribution is 9.10. The summed E-state index contributed by atoms with van der Waals surface area (Å²) in [6.07, 6.45) is 6.08. The molecule has 2 aliphatic rings. The number of aromatic nitrogens is 1. The molecule has 0 saturated heterocycles. The second-order valence-corrected chi connectivity index (χ2v) is 8.23. The largest absolute Gasteiger partial charge is 0.345 e. The smallest absolute Gasteiger partial charge is 0.253 e. The number of hydrogen-bond acceptors (Lipinski definition) is 2. The summed E-state index contributed by atoms with van der Waals surface area (Å²) in [4.78, 5) is 14.0. The van der Waals surface area contributed by atoms with Gasteiger partial charge in [-0.25, -0.2) is 0 Å². The lowest BCUT2D eigenvalue weighted by molar-refractivity contribution is 0.0827. The van der Waals surface area contributed by atoms with Crippen molar-refractivity contribution in [1.29, 1.82) is 0 Å². The fourth-order valence-corrected chi connectivity index (χ4v) is 4.29. The van der Waals surface area contributed by atoms with Crippen LogP contribution in [-0.4, -0.2) is 42.6 Å². The van der Waals surface area contributed by atoms with Crippen LogP contribution in [0.25, 0.3) is 16.5 Å². The van der Waals surface area contributed by atoms with E-state index in [1.165, 1.54) is 29.6 Å². The number of nitrogens with one attached hydrogen (secondary N) is 1. The van der Waals surface area contributed by atoms with Crippen molar-refractivity contribution in [1.82, 2.24) is 14.8 Å². The number of nitrogens with zero attached hydrogens (tertiary/aromatic N) is 2. The molecule has 0 radical (unpaired) electrons. The molecule has 132 valence electrons. The molecule has 2 aromatic rings. The van der Waals surface area contributed by atoms with Crippen molar-refractivity contribution in [3.05, 3.63) is 40.0 Å². The predicted octanol–water partition coefficient (Wildman–Crippen LogP) is 3.89. The van der Waals surface area contributed by atoms with Crippen LogP contribution in [0.15, 0.2) is 28.7 Å². The third kappa shape index (κ3) is 3.27. The molecule has 1 aliphatic heterocycles. The Morgan fingerprint density at radius 1 is 1.32 bits per heavy atom. The lowest BCUT2D eigenvalue weighted by Crippen LogP contribution is -2.22. The molecule has 1 aromatic carbocycles. The van der Waals surface area contributed by atoms with Gasteiger partial charge in [0.05, 0.1) is 5.52 Å². The van der Waals surface area contributed by atoms with Gasteiger partial charge in [-0.05, 0) is 71.4 Å². The van der Waals surface area contributed by atoms with E-state index in [4.69, 9.17) is 0 Å². The van der Waals surface area contributed by atoms with Crippen molar-refractivity contribution < 1.29 is 4.79 Å². The lowest BCUT2D eigenvalue weighted by atomic mass is 10.1. The Balaban J connectivity index is 1.87. The predicted molar refractivity (Wildman–Crippen MR) is 106 cm³/mol. The number of hydrogen-bond donors (Lipinski definition) is 1. The Bertz CT molecular complexity index is 861. The van der Waals surface area contributed by atoms with Gasteiger partial charge in [-0.3, -0.25) is 4.79 Å². The number of carbonyl (C=O) groups is 1. The van der Waals surface area contributed by atoms with Gasteiger partial charge < -0.3 is 14.8 Å². The highest BCUT2D eigenvalue weighted by Crippen LogP contribution is 2.37. The number of halogens is 1. The van der Waals surface area contributed by atoms with E-state index in [1.54, 1.807) is 19.0 Å². The van der Waals surface area contributed by atoms with Crippen LogP contribution in [0.3, 0.4) is 0 Å². The first kappa shape index (κ1) is 16.9. The molecule has 0 unspecified atom stereocenters. The standard InChI is InChI=1S/C20H24BrN3O/c1-23(2)20(25)16-8-15-10-18(14-4-3-7-22-11-14)24(12-13-5-6-13)19(15)17(21)9-16/h4,8-10,13,22H,3,5-7,11-12H2,1-2H3. The van der Waals surface area contributed by atoms with E-state index in [0.29, 0.717) is 0 Å². The van der Waals surface area contributed by atoms with Crippen molar-refractivity contribution in [3.63, 3.8) is 0 Å². The molecule has 4 rings (SSSR count). The minimum atomic E-state index is 0.0395. The normalized spacial score (nSPS) is 17.6. The first-order chi connectivity index (χ1) is 12.0. The second kappa shape index (κ2) is 6.61. The molecule has 0 bridgehead atoms. The number of amides is 1. The van der Waals surface area contributed by atoms with E-state index in [0.717, 1.165) is 47.4 Å². The number of fused-ring (bicyclic) bond motifs is 1. The second-order valence-electron chi connectivity index (χ2n) is 7.37. The minimum Gasteiger partial charge on any atom is -0.345 e. The monoisotopic (exact) mass is 401 g/mol. The zero-order chi connectivity index (χ0) is 17.6. The Morgan fingerprint density at radius 2 is 2.12 bits per heavy atom. The molecule has 0 spiro atoms. The van der Waals surface area contributed by atoms with Gasteiger partial charge in [0, 0.05) is 48.3 Å². The number of benzene rings is 1. The average Bonchev–Trinajstić information content (AvgIpc) is 3.34. The van der Waals surface area contributed by atoms with Crippen molar-refractivity contribution in [2.75, 3.05) is 27.2 Å². The van der Waals surface area contributed by atoms with Gasteiger partial charge in [0.2, 0.25) is 0 Å². The van der Waals surface area contributed by atoms with Crippen LogP contribution < -0.4 is 5.32 Å². The highest BCUT2D eigenvalue weighted by atomic mass is 79.9. The van der Waals surface area contributed by atoms with Crippen molar-refractivity contribution in [2.24, 2.45) is 5.92 Å². The molecule has 1 fully saturated rings. The molecule has 1 saturated carbocycles. The van der Waals surface area contributed by atoms with E-state index in [9.17, 15) is 4.79 Å². The SMILES string of the molecule is CN(C)C(=O)c1cc(Br)c2c(c1)cc(C1=CCCNC1)n2CC1CC1. The third-order valence-electron chi connectivity index (χ3n) is 5.09. The Morgan fingerprint density at radius 3 is 2.76 bits per heavy atom. The molecule has 1 N–H and O–H groups in total. The first-order valence-electron chi connectivity index (χ1n) is 8.99. The van der Waals surface area contributed by atoms with Gasteiger partial charge in [0.25, 0.3) is 5.91 Å². The molecule has 1 amide bonds. The Hall–Kier alpha value is -1.59. The third-order valence-corrected chi connectivity index (χ3v) is 5.70. The molecular formula is C20H24BrN3O. The maximum Gasteiger partial charge on any atom is 0.253 e. The van der Waals surface area contributed by atoms with Crippen LogP contribution >= 0.6 is 15.9 Å². The van der Waals surface area contributed by atoms with E-state index >= 15 is 0 Å². The first-order valence-corrected chi connectivity index (χ1v) is 9.78.